The van der Waals surface area contributed by atoms with E-state index in [9.17, 15) is 14.0 Å². The van der Waals surface area contributed by atoms with Crippen molar-refractivity contribution in [3.63, 3.8) is 0 Å². The Morgan fingerprint density at radius 1 is 0.926 bits per heavy atom. The van der Waals surface area contributed by atoms with E-state index < -0.39 is 11.8 Å². The second-order valence-electron chi connectivity index (χ2n) is 6.59. The Morgan fingerprint density at radius 2 is 1.56 bits per heavy atom. The van der Waals surface area contributed by atoms with Crippen LogP contribution in [0, 0.1) is 5.82 Å². The normalized spacial score (nSPS) is 14.4. The van der Waals surface area contributed by atoms with Gasteiger partial charge in [0, 0.05) is 23.0 Å². The molecule has 0 unspecified atom stereocenters. The number of amides is 3. The van der Waals surface area contributed by atoms with Gasteiger partial charge in [0.05, 0.1) is 5.02 Å². The lowest BCUT2D eigenvalue weighted by molar-refractivity contribution is 0.0927. The van der Waals surface area contributed by atoms with Gasteiger partial charge in [0.25, 0.3) is 5.91 Å². The average molecular weight is 390 g/mol. The summed E-state index contributed by atoms with van der Waals surface area (Å²) in [5, 5.41) is 8.21. The van der Waals surface area contributed by atoms with Crippen LogP contribution in [0.1, 0.15) is 42.5 Å². The Balaban J connectivity index is 1.54. The highest BCUT2D eigenvalue weighted by Gasteiger charge is 2.16. The number of anilines is 2. The van der Waals surface area contributed by atoms with E-state index in [0.29, 0.717) is 16.9 Å². The molecule has 1 saturated carbocycles. The molecule has 3 rings (SSSR count). The van der Waals surface area contributed by atoms with E-state index in [1.54, 1.807) is 24.3 Å². The summed E-state index contributed by atoms with van der Waals surface area (Å²) in [6, 6.07) is 10.3. The Kier molecular flexibility index (Phi) is 6.29. The molecule has 2 aromatic rings. The van der Waals surface area contributed by atoms with Crippen LogP contribution in [0.15, 0.2) is 42.5 Å². The van der Waals surface area contributed by atoms with Gasteiger partial charge in [-0.15, -0.1) is 0 Å². The third-order valence-electron chi connectivity index (χ3n) is 4.52. The highest BCUT2D eigenvalue weighted by Crippen LogP contribution is 2.20. The summed E-state index contributed by atoms with van der Waals surface area (Å²) in [6.45, 7) is 0. The second kappa shape index (κ2) is 8.86. The first-order valence-corrected chi connectivity index (χ1v) is 9.33. The molecule has 27 heavy (non-hydrogen) atoms. The maximum atomic E-state index is 13.1. The molecule has 2 aromatic carbocycles. The number of hydrogen-bond acceptors (Lipinski definition) is 2. The van der Waals surface area contributed by atoms with Gasteiger partial charge >= 0.3 is 6.03 Å². The van der Waals surface area contributed by atoms with Crippen LogP contribution in [-0.4, -0.2) is 18.0 Å². The van der Waals surface area contributed by atoms with E-state index in [1.165, 1.54) is 24.6 Å². The molecule has 0 radical (unpaired) electrons. The quantitative estimate of drug-likeness (QED) is 0.673. The molecule has 1 aliphatic carbocycles. The molecule has 1 fully saturated rings. The Morgan fingerprint density at radius 3 is 2.22 bits per heavy atom. The molecule has 3 amide bonds. The van der Waals surface area contributed by atoms with Crippen LogP contribution in [0.2, 0.25) is 5.02 Å². The number of carbonyl (C=O) groups excluding carboxylic acids is 2. The van der Waals surface area contributed by atoms with E-state index in [0.717, 1.165) is 25.7 Å². The van der Waals surface area contributed by atoms with E-state index >= 15 is 0 Å². The van der Waals surface area contributed by atoms with Gasteiger partial charge in [-0.3, -0.25) is 4.79 Å². The molecule has 5 nitrogen and oxygen atoms in total. The number of halogens is 2. The molecular weight excluding hydrogens is 369 g/mol. The number of carbonyl (C=O) groups is 2. The molecule has 142 valence electrons. The number of rotatable bonds is 4. The summed E-state index contributed by atoms with van der Waals surface area (Å²) in [7, 11) is 0. The van der Waals surface area contributed by atoms with E-state index in [4.69, 9.17) is 11.6 Å². The number of urea groups is 1. The predicted molar refractivity (Wildman–Crippen MR) is 105 cm³/mol. The standard InChI is InChI=1S/C20H21ClFN3O2/c21-17-12-16(10-11-18(17)22)25-20(27)24-15-8-6-13(7-9-15)19(26)23-14-4-2-1-3-5-14/h6-12,14H,1-5H2,(H,23,26)(H2,24,25,27). The van der Waals surface area contributed by atoms with E-state index in [1.807, 2.05) is 0 Å². The van der Waals surface area contributed by atoms with Crippen LogP contribution in [-0.2, 0) is 0 Å². The minimum absolute atomic E-state index is 0.0684. The minimum atomic E-state index is -0.551. The monoisotopic (exact) mass is 389 g/mol. The molecule has 0 atom stereocenters. The molecule has 3 N–H and O–H groups in total. The molecule has 0 aliphatic heterocycles. The second-order valence-corrected chi connectivity index (χ2v) is 7.00. The van der Waals surface area contributed by atoms with Crippen LogP contribution < -0.4 is 16.0 Å². The predicted octanol–water partition coefficient (Wildman–Crippen LogP) is 5.19. The third kappa shape index (κ3) is 5.44. The van der Waals surface area contributed by atoms with Gasteiger partial charge in [-0.1, -0.05) is 30.9 Å². The van der Waals surface area contributed by atoms with Crippen LogP contribution in [0.4, 0.5) is 20.6 Å². The van der Waals surface area contributed by atoms with Gasteiger partial charge in [-0.2, -0.15) is 0 Å². The lowest BCUT2D eigenvalue weighted by Gasteiger charge is -2.22. The van der Waals surface area contributed by atoms with Crippen molar-refractivity contribution >= 4 is 34.9 Å². The lowest BCUT2D eigenvalue weighted by atomic mass is 9.95. The fourth-order valence-corrected chi connectivity index (χ4v) is 3.27. The Bertz CT molecular complexity index is 820. The first-order valence-electron chi connectivity index (χ1n) is 8.95. The molecule has 0 heterocycles. The van der Waals surface area contributed by atoms with Gasteiger partial charge in [-0.05, 0) is 55.3 Å². The highest BCUT2D eigenvalue weighted by molar-refractivity contribution is 6.31. The number of nitrogens with one attached hydrogen (secondary N) is 3. The number of hydrogen-bond donors (Lipinski definition) is 3. The van der Waals surface area contributed by atoms with Gasteiger partial charge in [0.15, 0.2) is 0 Å². The van der Waals surface area contributed by atoms with Crippen LogP contribution in [0.3, 0.4) is 0 Å². The van der Waals surface area contributed by atoms with Gasteiger partial charge < -0.3 is 16.0 Å². The molecule has 0 bridgehead atoms. The first kappa shape index (κ1) is 19.2. The maximum absolute atomic E-state index is 13.1. The molecule has 0 aromatic heterocycles. The topological polar surface area (TPSA) is 70.2 Å². The summed E-state index contributed by atoms with van der Waals surface area (Å²) in [6.07, 6.45) is 5.60. The van der Waals surface area contributed by atoms with Crippen molar-refractivity contribution in [2.45, 2.75) is 38.1 Å². The van der Waals surface area contributed by atoms with E-state index in [-0.39, 0.29) is 17.0 Å². The minimum Gasteiger partial charge on any atom is -0.349 e. The van der Waals surface area contributed by atoms with E-state index in [2.05, 4.69) is 16.0 Å². The van der Waals surface area contributed by atoms with Crippen molar-refractivity contribution in [3.05, 3.63) is 58.9 Å². The van der Waals surface area contributed by atoms with Gasteiger partial charge in [0.1, 0.15) is 5.82 Å². The summed E-state index contributed by atoms with van der Waals surface area (Å²) in [4.78, 5) is 24.3. The molecule has 1 aliphatic rings. The van der Waals surface area contributed by atoms with Crippen molar-refractivity contribution in [2.75, 3.05) is 10.6 Å². The summed E-state index contributed by atoms with van der Waals surface area (Å²) >= 11 is 5.69. The lowest BCUT2D eigenvalue weighted by Crippen LogP contribution is -2.36. The van der Waals surface area contributed by atoms with Gasteiger partial charge in [0.2, 0.25) is 0 Å². The Hall–Kier alpha value is -2.60. The highest BCUT2D eigenvalue weighted by atomic mass is 35.5. The summed E-state index contributed by atoms with van der Waals surface area (Å²) in [5.41, 5.74) is 1.47. The van der Waals surface area contributed by atoms with Crippen molar-refractivity contribution in [2.24, 2.45) is 0 Å². The maximum Gasteiger partial charge on any atom is 0.323 e. The van der Waals surface area contributed by atoms with Crippen molar-refractivity contribution in [3.8, 4) is 0 Å². The Labute approximate surface area is 162 Å². The zero-order chi connectivity index (χ0) is 19.2. The molecule has 0 spiro atoms. The van der Waals surface area contributed by atoms with Gasteiger partial charge in [-0.25, -0.2) is 9.18 Å². The average Bonchev–Trinajstić information content (AvgIpc) is 2.66. The summed E-state index contributed by atoms with van der Waals surface area (Å²) in [5.74, 6) is -0.649. The zero-order valence-corrected chi connectivity index (χ0v) is 15.5. The van der Waals surface area contributed by atoms with Crippen molar-refractivity contribution in [1.82, 2.24) is 5.32 Å². The number of benzene rings is 2. The molecule has 7 heteroatoms. The molecular formula is C20H21ClFN3O2. The third-order valence-corrected chi connectivity index (χ3v) is 4.81. The fraction of sp³-hybridized carbons (Fsp3) is 0.300. The zero-order valence-electron chi connectivity index (χ0n) is 14.7. The molecule has 0 saturated heterocycles. The fourth-order valence-electron chi connectivity index (χ4n) is 3.09. The van der Waals surface area contributed by atoms with Crippen molar-refractivity contribution in [1.29, 1.82) is 0 Å². The van der Waals surface area contributed by atoms with Crippen LogP contribution in [0.5, 0.6) is 0 Å². The van der Waals surface area contributed by atoms with Crippen LogP contribution in [0.25, 0.3) is 0 Å². The SMILES string of the molecule is O=C(Nc1ccc(C(=O)NC2CCCCC2)cc1)Nc1ccc(F)c(Cl)c1. The first-order chi connectivity index (χ1) is 13.0. The van der Waals surface area contributed by atoms with Crippen LogP contribution >= 0.6 is 11.6 Å². The summed E-state index contributed by atoms with van der Waals surface area (Å²) < 4.78 is 13.1. The van der Waals surface area contributed by atoms with Crippen molar-refractivity contribution < 1.29 is 14.0 Å². The largest absolute Gasteiger partial charge is 0.349 e. The smallest absolute Gasteiger partial charge is 0.323 e.